The van der Waals surface area contributed by atoms with E-state index in [9.17, 15) is 4.79 Å². The van der Waals surface area contributed by atoms with Gasteiger partial charge in [0, 0.05) is 0 Å². The molecule has 0 heterocycles. The van der Waals surface area contributed by atoms with Crippen LogP contribution < -0.4 is 4.18 Å². The van der Waals surface area contributed by atoms with Gasteiger partial charge in [-0.3, -0.25) is 0 Å². The van der Waals surface area contributed by atoms with Gasteiger partial charge in [-0.05, 0) is 12.1 Å². The van der Waals surface area contributed by atoms with Crippen molar-refractivity contribution < 1.29 is 14.1 Å². The van der Waals surface area contributed by atoms with Crippen LogP contribution in [0.1, 0.15) is 10.4 Å². The van der Waals surface area contributed by atoms with Gasteiger partial charge in [-0.1, -0.05) is 23.8 Å². The summed E-state index contributed by atoms with van der Waals surface area (Å²) < 4.78 is 4.90. The smallest absolute Gasteiger partial charge is 0.339 e. The molecule has 0 aliphatic rings. The first-order valence-electron chi connectivity index (χ1n) is 3.06. The predicted molar refractivity (Wildman–Crippen MR) is 50.6 cm³/mol. The van der Waals surface area contributed by atoms with Crippen LogP contribution in [0.5, 0.6) is 5.75 Å². The van der Waals surface area contributed by atoms with E-state index in [-0.39, 0.29) is 5.56 Å². The summed E-state index contributed by atoms with van der Waals surface area (Å²) in [4.78, 5) is 10.6. The van der Waals surface area contributed by atoms with Gasteiger partial charge in [0.05, 0.1) is 0 Å². The van der Waals surface area contributed by atoms with Crippen LogP contribution in [0.15, 0.2) is 24.3 Å². The molecule has 64 valence electrons. The Morgan fingerprint density at radius 1 is 1.50 bits per heavy atom. The Hall–Kier alpha value is -0.810. The van der Waals surface area contributed by atoms with Crippen molar-refractivity contribution >= 4 is 28.7 Å². The molecule has 0 atom stereocenters. The van der Waals surface area contributed by atoms with E-state index in [4.69, 9.17) is 9.29 Å². The molecule has 0 aliphatic carbocycles. The lowest BCUT2D eigenvalue weighted by Crippen LogP contribution is -1.97. The van der Waals surface area contributed by atoms with Crippen LogP contribution in [-0.4, -0.2) is 11.1 Å². The highest BCUT2D eigenvalue weighted by atomic mass is 33.1. The number of thiol groups is 1. The van der Waals surface area contributed by atoms with Gasteiger partial charge < -0.3 is 9.29 Å². The molecule has 1 aromatic carbocycles. The maximum absolute atomic E-state index is 10.6. The summed E-state index contributed by atoms with van der Waals surface area (Å²) in [6.45, 7) is 0. The molecule has 12 heavy (non-hydrogen) atoms. The highest BCUT2D eigenvalue weighted by Gasteiger charge is 2.09. The minimum absolute atomic E-state index is 0.138. The molecule has 0 aliphatic heterocycles. The van der Waals surface area contributed by atoms with E-state index in [0.717, 1.165) is 11.1 Å². The first-order chi connectivity index (χ1) is 5.75. The fraction of sp³-hybridized carbons (Fsp3) is 0. The number of hydrogen-bond acceptors (Lipinski definition) is 4. The SMILES string of the molecule is O=C(O)c1ccccc1OSS. The van der Waals surface area contributed by atoms with Crippen LogP contribution in [0.4, 0.5) is 0 Å². The topological polar surface area (TPSA) is 46.5 Å². The summed E-state index contributed by atoms with van der Waals surface area (Å²) in [6, 6.07) is 6.39. The summed E-state index contributed by atoms with van der Waals surface area (Å²) in [5.74, 6) is -0.696. The number of benzene rings is 1. The van der Waals surface area contributed by atoms with Gasteiger partial charge >= 0.3 is 5.97 Å². The third-order valence-electron chi connectivity index (χ3n) is 1.24. The van der Waals surface area contributed by atoms with E-state index in [1.165, 1.54) is 6.07 Å². The fourth-order valence-corrected chi connectivity index (χ4v) is 1.22. The molecule has 5 heteroatoms. The zero-order chi connectivity index (χ0) is 8.97. The lowest BCUT2D eigenvalue weighted by atomic mass is 10.2. The maximum atomic E-state index is 10.6. The standard InChI is InChI=1S/C7H6O3S2/c8-7(9)5-3-1-2-4-6(5)10-12-11/h1-4,11H,(H,8,9). The Kier molecular flexibility index (Phi) is 3.31. The first kappa shape index (κ1) is 9.28. The van der Waals surface area contributed by atoms with Gasteiger partial charge in [-0.2, -0.15) is 0 Å². The first-order valence-corrected chi connectivity index (χ1v) is 4.85. The lowest BCUT2D eigenvalue weighted by molar-refractivity contribution is 0.0695. The van der Waals surface area contributed by atoms with Gasteiger partial charge in [-0.15, -0.1) is 0 Å². The lowest BCUT2D eigenvalue weighted by Gasteiger charge is -2.02. The minimum Gasteiger partial charge on any atom is -0.478 e. The number of rotatable bonds is 3. The number of carboxylic acids is 1. The predicted octanol–water partition coefficient (Wildman–Crippen LogP) is 2.26. The van der Waals surface area contributed by atoms with Crippen molar-refractivity contribution in [3.63, 3.8) is 0 Å². The van der Waals surface area contributed by atoms with Crippen molar-refractivity contribution in [2.75, 3.05) is 0 Å². The van der Waals surface area contributed by atoms with Crippen LogP contribution in [0.25, 0.3) is 0 Å². The molecule has 1 N–H and O–H groups in total. The average Bonchev–Trinajstić information content (AvgIpc) is 2.05. The van der Waals surface area contributed by atoms with Crippen LogP contribution >= 0.6 is 22.7 Å². The van der Waals surface area contributed by atoms with Crippen molar-refractivity contribution in [1.82, 2.24) is 0 Å². The van der Waals surface area contributed by atoms with Gasteiger partial charge in [0.1, 0.15) is 16.6 Å². The molecule has 3 nitrogen and oxygen atoms in total. The molecule has 0 radical (unpaired) electrons. The molecule has 0 spiro atoms. The number of hydrogen-bond donors (Lipinski definition) is 2. The molecule has 0 aromatic heterocycles. The Labute approximate surface area is 78.8 Å². The van der Waals surface area contributed by atoms with Crippen LogP contribution in [-0.2, 0) is 0 Å². The van der Waals surface area contributed by atoms with Gasteiger partial charge in [0.25, 0.3) is 0 Å². The molecule has 0 amide bonds. The second-order valence-corrected chi connectivity index (χ2v) is 2.72. The van der Waals surface area contributed by atoms with Crippen molar-refractivity contribution in [1.29, 1.82) is 0 Å². The molecule has 0 saturated heterocycles. The number of carbonyl (C=O) groups is 1. The van der Waals surface area contributed by atoms with Crippen LogP contribution in [0.2, 0.25) is 0 Å². The average molecular weight is 202 g/mol. The van der Waals surface area contributed by atoms with E-state index in [1.54, 1.807) is 18.2 Å². The Bertz CT molecular complexity index is 288. The van der Waals surface area contributed by atoms with E-state index < -0.39 is 5.97 Å². The van der Waals surface area contributed by atoms with Crippen LogP contribution in [0, 0.1) is 0 Å². The van der Waals surface area contributed by atoms with Crippen LogP contribution in [0.3, 0.4) is 0 Å². The normalized spacial score (nSPS) is 9.42. The largest absolute Gasteiger partial charge is 0.478 e. The number of para-hydroxylation sites is 1. The second-order valence-electron chi connectivity index (χ2n) is 1.96. The molecule has 0 unspecified atom stereocenters. The fourth-order valence-electron chi connectivity index (χ4n) is 0.756. The molecule has 0 fully saturated rings. The van der Waals surface area contributed by atoms with Gasteiger partial charge in [0.2, 0.25) is 0 Å². The summed E-state index contributed by atoms with van der Waals surface area (Å²) in [5.41, 5.74) is 0.138. The molecule has 0 saturated carbocycles. The molecule has 0 bridgehead atoms. The van der Waals surface area contributed by atoms with Crippen molar-refractivity contribution in [3.8, 4) is 5.75 Å². The highest BCUT2D eigenvalue weighted by molar-refractivity contribution is 8.66. The van der Waals surface area contributed by atoms with E-state index in [2.05, 4.69) is 11.7 Å². The number of carboxylic acid groups (broad SMARTS) is 1. The molecule has 1 aromatic rings. The third kappa shape index (κ3) is 2.09. The monoisotopic (exact) mass is 202 g/mol. The molecular weight excluding hydrogens is 196 g/mol. The highest BCUT2D eigenvalue weighted by Crippen LogP contribution is 2.22. The van der Waals surface area contributed by atoms with Gasteiger partial charge in [-0.25, -0.2) is 4.79 Å². The zero-order valence-corrected chi connectivity index (χ0v) is 7.64. The quantitative estimate of drug-likeness (QED) is 0.448. The maximum Gasteiger partial charge on any atom is 0.339 e. The van der Waals surface area contributed by atoms with E-state index >= 15 is 0 Å². The van der Waals surface area contributed by atoms with Crippen molar-refractivity contribution in [2.24, 2.45) is 0 Å². The molecular formula is C7H6O3S2. The zero-order valence-electron chi connectivity index (χ0n) is 5.93. The second kappa shape index (κ2) is 4.27. The van der Waals surface area contributed by atoms with E-state index in [1.807, 2.05) is 0 Å². The van der Waals surface area contributed by atoms with Crippen molar-refractivity contribution in [3.05, 3.63) is 29.8 Å². The third-order valence-corrected chi connectivity index (χ3v) is 1.72. The number of aromatic carboxylic acids is 1. The Morgan fingerprint density at radius 3 is 2.75 bits per heavy atom. The summed E-state index contributed by atoms with van der Waals surface area (Å²) in [7, 11) is 0. The Balaban J connectivity index is 3.00. The summed E-state index contributed by atoms with van der Waals surface area (Å²) in [6.07, 6.45) is 0. The Morgan fingerprint density at radius 2 is 2.17 bits per heavy atom. The van der Waals surface area contributed by atoms with Crippen molar-refractivity contribution in [2.45, 2.75) is 0 Å². The molecule has 1 rings (SSSR count). The van der Waals surface area contributed by atoms with Gasteiger partial charge in [0.15, 0.2) is 5.75 Å². The summed E-state index contributed by atoms with van der Waals surface area (Å²) >= 11 is 4.57. The minimum atomic E-state index is -1.01. The summed E-state index contributed by atoms with van der Waals surface area (Å²) in [5, 5.41) is 8.68. The van der Waals surface area contributed by atoms with E-state index in [0.29, 0.717) is 5.75 Å².